The fourth-order valence-electron chi connectivity index (χ4n) is 2.00. The van der Waals surface area contributed by atoms with Crippen LogP contribution in [0.4, 0.5) is 5.82 Å². The van der Waals surface area contributed by atoms with Crippen molar-refractivity contribution in [3.8, 4) is 0 Å². The van der Waals surface area contributed by atoms with Gasteiger partial charge in [-0.15, -0.1) is 10.2 Å². The molecule has 1 aromatic rings. The molecule has 0 aliphatic rings. The summed E-state index contributed by atoms with van der Waals surface area (Å²) in [6, 6.07) is 3.48. The van der Waals surface area contributed by atoms with Gasteiger partial charge in [-0.3, -0.25) is 4.79 Å². The van der Waals surface area contributed by atoms with Crippen LogP contribution in [0.2, 0.25) is 0 Å². The molecule has 0 saturated carbocycles. The van der Waals surface area contributed by atoms with Crippen molar-refractivity contribution < 1.29 is 4.79 Å². The second kappa shape index (κ2) is 9.28. The molecule has 0 fully saturated rings. The highest BCUT2D eigenvalue weighted by atomic mass is 16.1. The van der Waals surface area contributed by atoms with E-state index in [2.05, 4.69) is 34.7 Å². The second-order valence-corrected chi connectivity index (χ2v) is 4.96. The van der Waals surface area contributed by atoms with Crippen molar-refractivity contribution in [2.45, 2.75) is 46.5 Å². The molecule has 0 aliphatic heterocycles. The van der Waals surface area contributed by atoms with E-state index >= 15 is 0 Å². The highest BCUT2D eigenvalue weighted by Gasteiger charge is 2.11. The van der Waals surface area contributed by atoms with Crippen LogP contribution in [0.25, 0.3) is 0 Å². The zero-order valence-corrected chi connectivity index (χ0v) is 12.8. The smallest absolute Gasteiger partial charge is 0.271 e. The predicted molar refractivity (Wildman–Crippen MR) is 81.8 cm³/mol. The molecule has 112 valence electrons. The Hall–Kier alpha value is -1.65. The maximum absolute atomic E-state index is 12.0. The average molecular weight is 278 g/mol. The predicted octanol–water partition coefficient (Wildman–Crippen LogP) is 2.85. The summed E-state index contributed by atoms with van der Waals surface area (Å²) in [6.07, 6.45) is 4.66. The van der Waals surface area contributed by atoms with E-state index in [1.165, 1.54) is 12.8 Å². The van der Waals surface area contributed by atoms with Crippen LogP contribution in [-0.4, -0.2) is 29.2 Å². The molecule has 1 unspecified atom stereocenters. The zero-order valence-electron chi connectivity index (χ0n) is 12.8. The van der Waals surface area contributed by atoms with Crippen LogP contribution < -0.4 is 10.6 Å². The van der Waals surface area contributed by atoms with E-state index in [1.54, 1.807) is 12.1 Å². The second-order valence-electron chi connectivity index (χ2n) is 4.96. The molecular formula is C15H26N4O. The lowest BCUT2D eigenvalue weighted by Gasteiger charge is -2.14. The van der Waals surface area contributed by atoms with E-state index in [0.29, 0.717) is 24.0 Å². The van der Waals surface area contributed by atoms with Gasteiger partial charge >= 0.3 is 0 Å². The number of unbranched alkanes of at least 4 members (excludes halogenated alkanes) is 1. The highest BCUT2D eigenvalue weighted by molar-refractivity contribution is 5.92. The van der Waals surface area contributed by atoms with Crippen molar-refractivity contribution in [1.82, 2.24) is 15.5 Å². The SMILES string of the molecule is CCCCC(CC)CNC(=O)c1ccc(NCC)nn1. The van der Waals surface area contributed by atoms with Crippen LogP contribution in [0.3, 0.4) is 0 Å². The lowest BCUT2D eigenvalue weighted by molar-refractivity contribution is 0.0940. The first-order valence-electron chi connectivity index (χ1n) is 7.57. The lowest BCUT2D eigenvalue weighted by Crippen LogP contribution is -2.30. The van der Waals surface area contributed by atoms with Gasteiger partial charge in [-0.1, -0.05) is 33.1 Å². The quantitative estimate of drug-likeness (QED) is 0.729. The number of nitrogens with one attached hydrogen (secondary N) is 2. The maximum Gasteiger partial charge on any atom is 0.271 e. The number of nitrogens with zero attached hydrogens (tertiary/aromatic N) is 2. The number of hydrogen-bond donors (Lipinski definition) is 2. The number of amides is 1. The van der Waals surface area contributed by atoms with Gasteiger partial charge in [0.25, 0.3) is 5.91 Å². The Kier molecular flexibility index (Phi) is 7.62. The van der Waals surface area contributed by atoms with Crippen molar-refractivity contribution in [2.75, 3.05) is 18.4 Å². The number of hydrogen-bond acceptors (Lipinski definition) is 4. The van der Waals surface area contributed by atoms with Crippen LogP contribution in [-0.2, 0) is 0 Å². The molecule has 0 aliphatic carbocycles. The van der Waals surface area contributed by atoms with Crippen molar-refractivity contribution in [3.63, 3.8) is 0 Å². The Morgan fingerprint density at radius 3 is 2.60 bits per heavy atom. The molecule has 0 bridgehead atoms. The molecule has 1 aromatic heterocycles. The van der Waals surface area contributed by atoms with Crippen molar-refractivity contribution in [3.05, 3.63) is 17.8 Å². The fourth-order valence-corrected chi connectivity index (χ4v) is 2.00. The van der Waals surface area contributed by atoms with Crippen molar-refractivity contribution in [1.29, 1.82) is 0 Å². The summed E-state index contributed by atoms with van der Waals surface area (Å²) in [5, 5.41) is 13.9. The Bertz CT molecular complexity index is 391. The number of carbonyl (C=O) groups is 1. The van der Waals surface area contributed by atoms with Gasteiger partial charge in [0.1, 0.15) is 5.82 Å². The van der Waals surface area contributed by atoms with E-state index in [-0.39, 0.29) is 5.91 Å². The van der Waals surface area contributed by atoms with Gasteiger partial charge in [0.2, 0.25) is 0 Å². The fraction of sp³-hybridized carbons (Fsp3) is 0.667. The normalized spacial score (nSPS) is 11.9. The first-order chi connectivity index (χ1) is 9.71. The Labute approximate surface area is 121 Å². The number of anilines is 1. The average Bonchev–Trinajstić information content (AvgIpc) is 2.48. The molecule has 2 N–H and O–H groups in total. The van der Waals surface area contributed by atoms with Crippen LogP contribution in [0.1, 0.15) is 56.9 Å². The van der Waals surface area contributed by atoms with Crippen LogP contribution in [0.15, 0.2) is 12.1 Å². The van der Waals surface area contributed by atoms with Crippen LogP contribution in [0, 0.1) is 5.92 Å². The summed E-state index contributed by atoms with van der Waals surface area (Å²) in [5.41, 5.74) is 0.372. The molecule has 5 nitrogen and oxygen atoms in total. The molecule has 1 amide bonds. The summed E-state index contributed by atoms with van der Waals surface area (Å²) < 4.78 is 0. The summed E-state index contributed by atoms with van der Waals surface area (Å²) in [4.78, 5) is 12.0. The number of aromatic nitrogens is 2. The summed E-state index contributed by atoms with van der Waals surface area (Å²) >= 11 is 0. The molecule has 5 heteroatoms. The molecule has 1 rings (SSSR count). The van der Waals surface area contributed by atoms with E-state index in [9.17, 15) is 4.79 Å². The summed E-state index contributed by atoms with van der Waals surface area (Å²) in [7, 11) is 0. The van der Waals surface area contributed by atoms with Gasteiger partial charge in [-0.25, -0.2) is 0 Å². The molecular weight excluding hydrogens is 252 g/mol. The topological polar surface area (TPSA) is 66.9 Å². The van der Waals surface area contributed by atoms with E-state index in [0.717, 1.165) is 19.4 Å². The van der Waals surface area contributed by atoms with Gasteiger partial charge in [0, 0.05) is 13.1 Å². The standard InChI is InChI=1S/C15H26N4O/c1-4-7-8-12(5-2)11-17-15(20)13-9-10-14(16-6-3)19-18-13/h9-10,12H,4-8,11H2,1-3H3,(H,16,19)(H,17,20). The van der Waals surface area contributed by atoms with E-state index in [4.69, 9.17) is 0 Å². The molecule has 0 radical (unpaired) electrons. The largest absolute Gasteiger partial charge is 0.369 e. The maximum atomic E-state index is 12.0. The van der Waals surface area contributed by atoms with Gasteiger partial charge < -0.3 is 10.6 Å². The van der Waals surface area contributed by atoms with E-state index < -0.39 is 0 Å². The molecule has 0 saturated heterocycles. The molecule has 1 heterocycles. The van der Waals surface area contributed by atoms with E-state index in [1.807, 2.05) is 6.92 Å². The monoisotopic (exact) mass is 278 g/mol. The zero-order chi connectivity index (χ0) is 14.8. The minimum absolute atomic E-state index is 0.143. The summed E-state index contributed by atoms with van der Waals surface area (Å²) in [5.74, 6) is 1.10. The molecule has 0 aromatic carbocycles. The minimum Gasteiger partial charge on any atom is -0.369 e. The first kappa shape index (κ1) is 16.4. The van der Waals surface area contributed by atoms with Gasteiger partial charge in [-0.2, -0.15) is 0 Å². The molecule has 0 spiro atoms. The molecule has 1 atom stereocenters. The Balaban J connectivity index is 2.45. The van der Waals surface area contributed by atoms with Crippen LogP contribution >= 0.6 is 0 Å². The first-order valence-corrected chi connectivity index (χ1v) is 7.57. The van der Waals surface area contributed by atoms with Gasteiger partial charge in [-0.05, 0) is 31.4 Å². The summed E-state index contributed by atoms with van der Waals surface area (Å²) in [6.45, 7) is 7.84. The van der Waals surface area contributed by atoms with Gasteiger partial charge in [0.05, 0.1) is 0 Å². The minimum atomic E-state index is -0.143. The third-order valence-electron chi connectivity index (χ3n) is 3.35. The number of carbonyl (C=O) groups excluding carboxylic acids is 1. The van der Waals surface area contributed by atoms with Crippen molar-refractivity contribution in [2.24, 2.45) is 5.92 Å². The third-order valence-corrected chi connectivity index (χ3v) is 3.35. The third kappa shape index (κ3) is 5.55. The Morgan fingerprint density at radius 1 is 1.25 bits per heavy atom. The van der Waals surface area contributed by atoms with Crippen molar-refractivity contribution >= 4 is 11.7 Å². The van der Waals surface area contributed by atoms with Gasteiger partial charge in [0.15, 0.2) is 5.69 Å². The lowest BCUT2D eigenvalue weighted by atomic mass is 9.99. The Morgan fingerprint density at radius 2 is 2.05 bits per heavy atom. The van der Waals surface area contributed by atoms with Crippen LogP contribution in [0.5, 0.6) is 0 Å². The number of rotatable bonds is 9. The highest BCUT2D eigenvalue weighted by Crippen LogP contribution is 2.11. The molecule has 20 heavy (non-hydrogen) atoms.